The van der Waals surface area contributed by atoms with Gasteiger partial charge in [-0.1, -0.05) is 56.3 Å². The van der Waals surface area contributed by atoms with Crippen molar-refractivity contribution in [2.45, 2.75) is 32.9 Å². The van der Waals surface area contributed by atoms with Gasteiger partial charge in [-0.25, -0.2) is 12.8 Å². The molecular weight excluding hydrogens is 445 g/mol. The number of rotatable bonds is 11. The monoisotopic (exact) mass is 477 g/mol. The smallest absolute Gasteiger partial charge is 0.243 e. The van der Waals surface area contributed by atoms with Gasteiger partial charge in [0.2, 0.25) is 21.8 Å². The molecule has 180 valence electrons. The first kappa shape index (κ1) is 26.5. The number of nitrogens with one attached hydrogen (secondary N) is 1. The minimum atomic E-state index is -3.60. The van der Waals surface area contributed by atoms with Crippen molar-refractivity contribution in [3.05, 3.63) is 71.5 Å². The lowest BCUT2D eigenvalue weighted by Crippen LogP contribution is -2.53. The maximum absolute atomic E-state index is 13.4. The lowest BCUT2D eigenvalue weighted by Gasteiger charge is -2.32. The van der Waals surface area contributed by atoms with E-state index in [4.69, 9.17) is 0 Å². The summed E-state index contributed by atoms with van der Waals surface area (Å²) in [5.41, 5.74) is 1.48. The van der Waals surface area contributed by atoms with Crippen molar-refractivity contribution in [2.24, 2.45) is 5.92 Å². The molecule has 0 saturated heterocycles. The Morgan fingerprint density at radius 2 is 1.61 bits per heavy atom. The molecule has 0 spiro atoms. The van der Waals surface area contributed by atoms with Crippen LogP contribution >= 0.6 is 0 Å². The highest BCUT2D eigenvalue weighted by atomic mass is 32.2. The van der Waals surface area contributed by atoms with Gasteiger partial charge in [0.1, 0.15) is 11.9 Å². The molecule has 0 aromatic heterocycles. The average Bonchev–Trinajstić information content (AvgIpc) is 2.75. The molecule has 1 atom stereocenters. The van der Waals surface area contributed by atoms with Gasteiger partial charge < -0.3 is 10.2 Å². The van der Waals surface area contributed by atoms with Crippen molar-refractivity contribution in [2.75, 3.05) is 26.4 Å². The van der Waals surface area contributed by atoms with E-state index in [0.717, 1.165) is 16.1 Å². The van der Waals surface area contributed by atoms with Gasteiger partial charge in [-0.15, -0.1) is 0 Å². The van der Waals surface area contributed by atoms with Crippen LogP contribution in [0.3, 0.4) is 0 Å². The van der Waals surface area contributed by atoms with Crippen molar-refractivity contribution >= 4 is 21.8 Å². The largest absolute Gasteiger partial charge is 0.354 e. The molecule has 2 aromatic carbocycles. The molecule has 0 fully saturated rings. The SMILES string of the molecule is CC(C)CNC(=O)[C@@H](Cc1ccccc1)N(Cc1ccc(F)cc1)C(=O)CN(C)S(C)(=O)=O. The van der Waals surface area contributed by atoms with Crippen LogP contribution in [0.25, 0.3) is 0 Å². The highest BCUT2D eigenvalue weighted by molar-refractivity contribution is 7.88. The average molecular weight is 478 g/mol. The second-order valence-corrected chi connectivity index (χ2v) is 10.6. The second kappa shape index (κ2) is 11.9. The number of hydrogen-bond donors (Lipinski definition) is 1. The van der Waals surface area contributed by atoms with Gasteiger partial charge in [0.15, 0.2) is 0 Å². The lowest BCUT2D eigenvalue weighted by molar-refractivity contribution is -0.141. The van der Waals surface area contributed by atoms with Crippen LogP contribution in [0.4, 0.5) is 4.39 Å². The third-order valence-electron chi connectivity index (χ3n) is 5.15. The summed E-state index contributed by atoms with van der Waals surface area (Å²) in [6.45, 7) is 3.99. The summed E-state index contributed by atoms with van der Waals surface area (Å²) in [7, 11) is -2.29. The summed E-state index contributed by atoms with van der Waals surface area (Å²) in [6, 6.07) is 14.1. The molecule has 0 aliphatic rings. The van der Waals surface area contributed by atoms with Gasteiger partial charge in [-0.2, -0.15) is 4.31 Å². The molecule has 2 amide bonds. The van der Waals surface area contributed by atoms with Crippen molar-refractivity contribution < 1.29 is 22.4 Å². The van der Waals surface area contributed by atoms with Crippen LogP contribution < -0.4 is 5.32 Å². The number of benzene rings is 2. The Labute approximate surface area is 195 Å². The Morgan fingerprint density at radius 3 is 2.15 bits per heavy atom. The molecule has 0 aliphatic heterocycles. The Balaban J connectivity index is 2.42. The van der Waals surface area contributed by atoms with E-state index >= 15 is 0 Å². The highest BCUT2D eigenvalue weighted by Gasteiger charge is 2.31. The van der Waals surface area contributed by atoms with Crippen LogP contribution in [0.5, 0.6) is 0 Å². The summed E-state index contributed by atoms with van der Waals surface area (Å²) in [4.78, 5) is 27.9. The first-order chi connectivity index (χ1) is 15.5. The van der Waals surface area contributed by atoms with Crippen LogP contribution in [-0.2, 0) is 32.6 Å². The zero-order valence-corrected chi connectivity index (χ0v) is 20.3. The fraction of sp³-hybridized carbons (Fsp3) is 0.417. The number of likely N-dealkylation sites (N-methyl/N-ethyl adjacent to an activating group) is 1. The number of amides is 2. The first-order valence-electron chi connectivity index (χ1n) is 10.7. The van der Waals surface area contributed by atoms with E-state index in [1.807, 2.05) is 44.2 Å². The van der Waals surface area contributed by atoms with Crippen LogP contribution in [-0.4, -0.2) is 61.9 Å². The van der Waals surface area contributed by atoms with Gasteiger partial charge >= 0.3 is 0 Å². The van der Waals surface area contributed by atoms with E-state index in [0.29, 0.717) is 12.1 Å². The fourth-order valence-corrected chi connectivity index (χ4v) is 3.51. The summed E-state index contributed by atoms with van der Waals surface area (Å²) in [6.07, 6.45) is 1.27. The van der Waals surface area contributed by atoms with Crippen molar-refractivity contribution in [1.29, 1.82) is 0 Å². The molecule has 33 heavy (non-hydrogen) atoms. The Kier molecular flexibility index (Phi) is 9.55. The topological polar surface area (TPSA) is 86.8 Å². The standard InChI is InChI=1S/C24H32FN3O4S/c1-18(2)15-26-24(30)22(14-19-8-6-5-7-9-19)28(16-20-10-12-21(25)13-11-20)23(29)17-27(3)33(4,31)32/h5-13,18,22H,14-17H2,1-4H3,(H,26,30)/t22-/m1/s1. The van der Waals surface area contributed by atoms with E-state index in [1.54, 1.807) is 12.1 Å². The Hall–Kier alpha value is -2.78. The van der Waals surface area contributed by atoms with Crippen LogP contribution in [0, 0.1) is 11.7 Å². The fourth-order valence-electron chi connectivity index (χ4n) is 3.16. The Morgan fingerprint density at radius 1 is 1.00 bits per heavy atom. The molecule has 2 rings (SSSR count). The molecule has 2 aromatic rings. The van der Waals surface area contributed by atoms with Crippen LogP contribution in [0.15, 0.2) is 54.6 Å². The molecule has 0 aliphatic carbocycles. The number of halogens is 1. The molecule has 0 unspecified atom stereocenters. The quantitative estimate of drug-likeness (QED) is 0.539. The zero-order valence-electron chi connectivity index (χ0n) is 19.5. The summed E-state index contributed by atoms with van der Waals surface area (Å²) < 4.78 is 38.1. The number of hydrogen-bond acceptors (Lipinski definition) is 4. The molecular formula is C24H32FN3O4S. The van der Waals surface area contributed by atoms with Gasteiger partial charge in [-0.3, -0.25) is 9.59 Å². The predicted molar refractivity (Wildman–Crippen MR) is 126 cm³/mol. The zero-order chi connectivity index (χ0) is 24.6. The highest BCUT2D eigenvalue weighted by Crippen LogP contribution is 2.16. The molecule has 0 saturated carbocycles. The summed E-state index contributed by atoms with van der Waals surface area (Å²) >= 11 is 0. The van der Waals surface area contributed by atoms with E-state index in [2.05, 4.69) is 5.32 Å². The number of carbonyl (C=O) groups excluding carboxylic acids is 2. The van der Waals surface area contributed by atoms with E-state index in [1.165, 1.54) is 24.1 Å². The molecule has 0 bridgehead atoms. The minimum Gasteiger partial charge on any atom is -0.354 e. The Bertz CT molecular complexity index is 1030. The molecule has 0 radical (unpaired) electrons. The summed E-state index contributed by atoms with van der Waals surface area (Å²) in [5.74, 6) is -1.05. The van der Waals surface area contributed by atoms with Crippen molar-refractivity contribution in [3.63, 3.8) is 0 Å². The van der Waals surface area contributed by atoms with Crippen LogP contribution in [0.1, 0.15) is 25.0 Å². The van der Waals surface area contributed by atoms with Gasteiger partial charge in [0.05, 0.1) is 12.8 Å². The normalized spacial score (nSPS) is 12.6. The predicted octanol–water partition coefficient (Wildman–Crippen LogP) is 2.43. The maximum Gasteiger partial charge on any atom is 0.243 e. The number of carbonyl (C=O) groups is 2. The molecule has 0 heterocycles. The number of sulfonamides is 1. The number of nitrogens with zero attached hydrogens (tertiary/aromatic N) is 2. The van der Waals surface area contributed by atoms with Gasteiger partial charge in [0, 0.05) is 26.6 Å². The van der Waals surface area contributed by atoms with Gasteiger partial charge in [0.25, 0.3) is 0 Å². The minimum absolute atomic E-state index is 0.0311. The second-order valence-electron chi connectivity index (χ2n) is 8.51. The lowest BCUT2D eigenvalue weighted by atomic mass is 10.0. The first-order valence-corrected chi connectivity index (χ1v) is 12.6. The van der Waals surface area contributed by atoms with Crippen molar-refractivity contribution in [1.82, 2.24) is 14.5 Å². The van der Waals surface area contributed by atoms with E-state index < -0.39 is 34.3 Å². The van der Waals surface area contributed by atoms with E-state index in [-0.39, 0.29) is 24.8 Å². The third kappa shape index (κ3) is 8.58. The maximum atomic E-state index is 13.4. The molecule has 7 nitrogen and oxygen atoms in total. The van der Waals surface area contributed by atoms with Crippen LogP contribution in [0.2, 0.25) is 0 Å². The summed E-state index contributed by atoms with van der Waals surface area (Å²) in [5, 5.41) is 2.89. The molecule has 1 N–H and O–H groups in total. The van der Waals surface area contributed by atoms with Gasteiger partial charge in [-0.05, 0) is 29.2 Å². The van der Waals surface area contributed by atoms with Crippen molar-refractivity contribution in [3.8, 4) is 0 Å². The third-order valence-corrected chi connectivity index (χ3v) is 6.41. The molecule has 9 heteroatoms. The van der Waals surface area contributed by atoms with E-state index in [9.17, 15) is 22.4 Å².